The summed E-state index contributed by atoms with van der Waals surface area (Å²) >= 11 is 0. The van der Waals surface area contributed by atoms with Crippen LogP contribution in [0.3, 0.4) is 0 Å². The van der Waals surface area contributed by atoms with E-state index < -0.39 is 5.97 Å². The van der Waals surface area contributed by atoms with E-state index in [4.69, 9.17) is 14.6 Å². The average molecular weight is 539 g/mol. The number of halogens is 1. The molecule has 3 aromatic carbocycles. The summed E-state index contributed by atoms with van der Waals surface area (Å²) in [7, 11) is 3.28. The zero-order chi connectivity index (χ0) is 28.9. The first-order valence-electron chi connectivity index (χ1n) is 14.2. The van der Waals surface area contributed by atoms with Crippen LogP contribution in [0.5, 0.6) is 5.75 Å². The molecule has 39 heavy (non-hydrogen) atoms. The summed E-state index contributed by atoms with van der Waals surface area (Å²) in [6.45, 7) is 6.76. The number of ether oxygens (including phenoxy) is 2. The van der Waals surface area contributed by atoms with Crippen LogP contribution in [-0.2, 0) is 29.0 Å². The molecule has 1 fully saturated rings. The van der Waals surface area contributed by atoms with Gasteiger partial charge in [-0.1, -0.05) is 101 Å². The quantitative estimate of drug-likeness (QED) is 0.247. The van der Waals surface area contributed by atoms with Crippen molar-refractivity contribution in [3.05, 3.63) is 89.2 Å². The average Bonchev–Trinajstić information content (AvgIpc) is 3.85. The first kappa shape index (κ1) is 33.8. The van der Waals surface area contributed by atoms with E-state index in [2.05, 4.69) is 13.0 Å². The highest BCUT2D eigenvalue weighted by molar-refractivity contribution is 5.70. The molecule has 1 N–H and O–H groups in total. The Kier molecular flexibility index (Phi) is 18.0. The Morgan fingerprint density at radius 2 is 1.54 bits per heavy atom. The molecule has 0 saturated heterocycles. The van der Waals surface area contributed by atoms with Crippen LogP contribution in [-0.4, -0.2) is 25.3 Å². The lowest BCUT2D eigenvalue weighted by Gasteiger charge is -2.14. The second kappa shape index (κ2) is 20.7. The maximum Gasteiger partial charge on any atom is 0.303 e. The molecule has 3 aromatic rings. The van der Waals surface area contributed by atoms with Crippen LogP contribution < -0.4 is 4.74 Å². The van der Waals surface area contributed by atoms with Gasteiger partial charge in [0.25, 0.3) is 0 Å². The number of carboxylic acid groups (broad SMARTS) is 1. The summed E-state index contributed by atoms with van der Waals surface area (Å²) in [5.74, 6) is -0.294. The molecule has 1 saturated carbocycles. The van der Waals surface area contributed by atoms with Gasteiger partial charge in [-0.3, -0.25) is 4.79 Å². The first-order valence-corrected chi connectivity index (χ1v) is 14.2. The molecular weight excluding hydrogens is 491 g/mol. The molecule has 0 unspecified atom stereocenters. The molecular formula is C34H47FO4. The lowest BCUT2D eigenvalue weighted by Crippen LogP contribution is -1.97. The molecule has 0 aliphatic heterocycles. The molecule has 0 radical (unpaired) electrons. The molecule has 0 atom stereocenters. The Bertz CT molecular complexity index is 1060. The molecule has 214 valence electrons. The molecule has 1 aliphatic rings. The van der Waals surface area contributed by atoms with Gasteiger partial charge in [-0.2, -0.15) is 0 Å². The fraction of sp³-hybridized carbons (Fsp3) is 0.441. The Morgan fingerprint density at radius 1 is 0.846 bits per heavy atom. The van der Waals surface area contributed by atoms with Crippen LogP contribution in [0.15, 0.2) is 66.7 Å². The fourth-order valence-corrected chi connectivity index (χ4v) is 3.67. The standard InChI is InChI=1S/C20H25FO2.C9H10O2.C3H6.C2H6/c1-4-5-6-7-16-12-15(14-22-2)8-10-18(16)19-13-17(23-3)9-11-20(19)21;10-9(11)7-6-8-4-2-1-3-5-8;1-2-3-1;1-2/h8-13H,4-7,14H2,1-3H3;1-5H,6-7H2,(H,10,11);1-3H2;1-2H3. The molecule has 0 amide bonds. The smallest absolute Gasteiger partial charge is 0.303 e. The van der Waals surface area contributed by atoms with Gasteiger partial charge < -0.3 is 14.6 Å². The van der Waals surface area contributed by atoms with Crippen molar-refractivity contribution in [3.63, 3.8) is 0 Å². The zero-order valence-electron chi connectivity index (χ0n) is 24.5. The highest BCUT2D eigenvalue weighted by Crippen LogP contribution is 2.31. The van der Waals surface area contributed by atoms with Gasteiger partial charge in [0.1, 0.15) is 11.6 Å². The van der Waals surface area contributed by atoms with Crippen LogP contribution in [0.2, 0.25) is 0 Å². The topological polar surface area (TPSA) is 55.8 Å². The third kappa shape index (κ3) is 14.5. The third-order valence-electron chi connectivity index (χ3n) is 5.82. The van der Waals surface area contributed by atoms with Gasteiger partial charge in [-0.05, 0) is 59.7 Å². The van der Waals surface area contributed by atoms with Crippen LogP contribution in [0.4, 0.5) is 4.39 Å². The number of hydrogen-bond acceptors (Lipinski definition) is 3. The van der Waals surface area contributed by atoms with E-state index in [-0.39, 0.29) is 12.2 Å². The lowest BCUT2D eigenvalue weighted by atomic mass is 9.93. The highest BCUT2D eigenvalue weighted by Gasteiger charge is 2.12. The Labute approximate surface area is 235 Å². The fourth-order valence-electron chi connectivity index (χ4n) is 3.67. The zero-order valence-corrected chi connectivity index (χ0v) is 24.5. The van der Waals surface area contributed by atoms with Crippen molar-refractivity contribution in [1.82, 2.24) is 0 Å². The number of hydrogen-bond donors (Lipinski definition) is 1. The summed E-state index contributed by atoms with van der Waals surface area (Å²) in [6, 6.07) is 20.6. The van der Waals surface area contributed by atoms with Crippen LogP contribution >= 0.6 is 0 Å². The predicted molar refractivity (Wildman–Crippen MR) is 160 cm³/mol. The molecule has 5 heteroatoms. The van der Waals surface area contributed by atoms with Gasteiger partial charge in [0.15, 0.2) is 0 Å². The van der Waals surface area contributed by atoms with Gasteiger partial charge in [0.05, 0.1) is 13.7 Å². The number of carbonyl (C=O) groups is 1. The highest BCUT2D eigenvalue weighted by atomic mass is 19.1. The van der Waals surface area contributed by atoms with Gasteiger partial charge in [-0.15, -0.1) is 0 Å². The minimum absolute atomic E-state index is 0.212. The molecule has 1 aliphatic carbocycles. The minimum Gasteiger partial charge on any atom is -0.497 e. The molecule has 0 bridgehead atoms. The van der Waals surface area contributed by atoms with Gasteiger partial charge in [0.2, 0.25) is 0 Å². The van der Waals surface area contributed by atoms with Gasteiger partial charge >= 0.3 is 5.97 Å². The van der Waals surface area contributed by atoms with E-state index in [1.54, 1.807) is 26.4 Å². The Balaban J connectivity index is 0.000000391. The monoisotopic (exact) mass is 538 g/mol. The van der Waals surface area contributed by atoms with E-state index in [0.717, 1.165) is 29.5 Å². The van der Waals surface area contributed by atoms with Crippen molar-refractivity contribution >= 4 is 5.97 Å². The van der Waals surface area contributed by atoms with Crippen molar-refractivity contribution in [3.8, 4) is 16.9 Å². The molecule has 0 aromatic heterocycles. The minimum atomic E-state index is -0.742. The third-order valence-corrected chi connectivity index (χ3v) is 5.82. The van der Waals surface area contributed by atoms with E-state index in [1.807, 2.05) is 56.3 Å². The number of carboxylic acids is 1. The predicted octanol–water partition coefficient (Wildman–Crippen LogP) is 9.28. The van der Waals surface area contributed by atoms with Crippen molar-refractivity contribution in [2.45, 2.75) is 85.2 Å². The Morgan fingerprint density at radius 3 is 2.10 bits per heavy atom. The number of unbranched alkanes of at least 4 members (excludes halogenated alkanes) is 2. The normalized spacial score (nSPS) is 11.0. The van der Waals surface area contributed by atoms with Gasteiger partial charge in [0, 0.05) is 19.1 Å². The SMILES string of the molecule is C1CC1.CC.CCCCCc1cc(COC)ccc1-c1cc(OC)ccc1F.O=C(O)CCc1ccccc1. The number of methoxy groups -OCH3 is 2. The lowest BCUT2D eigenvalue weighted by molar-refractivity contribution is -0.136. The molecule has 4 nitrogen and oxygen atoms in total. The summed E-state index contributed by atoms with van der Waals surface area (Å²) < 4.78 is 24.8. The van der Waals surface area contributed by atoms with E-state index in [1.165, 1.54) is 43.7 Å². The maximum absolute atomic E-state index is 14.3. The number of aliphatic carboxylic acids is 1. The second-order valence-electron chi connectivity index (χ2n) is 9.17. The maximum atomic E-state index is 14.3. The van der Waals surface area contributed by atoms with E-state index in [9.17, 15) is 9.18 Å². The number of benzene rings is 3. The molecule has 0 spiro atoms. The first-order chi connectivity index (χ1) is 19.0. The molecule has 4 rings (SSSR count). The van der Waals surface area contributed by atoms with E-state index in [0.29, 0.717) is 24.3 Å². The van der Waals surface area contributed by atoms with Gasteiger partial charge in [-0.25, -0.2) is 4.39 Å². The van der Waals surface area contributed by atoms with Crippen molar-refractivity contribution in [1.29, 1.82) is 0 Å². The van der Waals surface area contributed by atoms with Crippen LogP contribution in [0, 0.1) is 5.82 Å². The number of aryl methyl sites for hydroxylation is 2. The van der Waals surface area contributed by atoms with Crippen molar-refractivity contribution < 1.29 is 23.8 Å². The van der Waals surface area contributed by atoms with Crippen LogP contribution in [0.1, 0.15) is 82.4 Å². The Hall–Kier alpha value is -3.18. The largest absolute Gasteiger partial charge is 0.497 e. The summed E-state index contributed by atoms with van der Waals surface area (Å²) in [4.78, 5) is 10.2. The summed E-state index contributed by atoms with van der Waals surface area (Å²) in [5, 5.41) is 8.37. The van der Waals surface area contributed by atoms with E-state index >= 15 is 0 Å². The summed E-state index contributed by atoms with van der Waals surface area (Å²) in [5.41, 5.74) is 4.90. The summed E-state index contributed by atoms with van der Waals surface area (Å²) in [6.07, 6.45) is 9.72. The van der Waals surface area contributed by atoms with Crippen LogP contribution in [0.25, 0.3) is 11.1 Å². The second-order valence-corrected chi connectivity index (χ2v) is 9.17. The van der Waals surface area contributed by atoms with Crippen molar-refractivity contribution in [2.75, 3.05) is 14.2 Å². The number of rotatable bonds is 11. The van der Waals surface area contributed by atoms with Crippen molar-refractivity contribution in [2.24, 2.45) is 0 Å². The molecule has 0 heterocycles.